The molecule has 2 aromatic carbocycles. The summed E-state index contributed by atoms with van der Waals surface area (Å²) in [6.07, 6.45) is -11.0. The lowest BCUT2D eigenvalue weighted by molar-refractivity contribution is -0.143. The molecular weight excluding hydrogens is 650 g/mol. The van der Waals surface area contributed by atoms with Crippen LogP contribution in [0, 0.1) is 0 Å². The van der Waals surface area contributed by atoms with Crippen LogP contribution in [0.5, 0.6) is 5.75 Å². The molecule has 48 heavy (non-hydrogen) atoms. The number of aryl methyl sites for hydroxylation is 1. The molecule has 0 saturated carbocycles. The second-order valence-electron chi connectivity index (χ2n) is 12.2. The number of amides is 1. The highest BCUT2D eigenvalue weighted by atomic mass is 19.4. The number of carbonyl (C=O) groups excluding carboxylic acids is 1. The van der Waals surface area contributed by atoms with Gasteiger partial charge in [0.15, 0.2) is 6.29 Å². The van der Waals surface area contributed by atoms with E-state index in [0.717, 1.165) is 5.56 Å². The number of carboxylic acid groups (broad SMARTS) is 1. The topological polar surface area (TPSA) is 104 Å². The van der Waals surface area contributed by atoms with Gasteiger partial charge in [-0.1, -0.05) is 12.1 Å². The summed E-state index contributed by atoms with van der Waals surface area (Å²) in [5.74, 6) is -0.991. The first kappa shape index (κ1) is 35.4. The Morgan fingerprint density at radius 1 is 1.04 bits per heavy atom. The number of benzene rings is 2. The largest absolute Gasteiger partial charge is 0.496 e. The van der Waals surface area contributed by atoms with E-state index in [-0.39, 0.29) is 31.6 Å². The number of aliphatic imine (C=N–C) groups is 1. The summed E-state index contributed by atoms with van der Waals surface area (Å²) in [4.78, 5) is 34.7. The van der Waals surface area contributed by atoms with Crippen molar-refractivity contribution in [3.8, 4) is 5.75 Å². The molecule has 2 saturated heterocycles. The van der Waals surface area contributed by atoms with E-state index in [9.17, 15) is 41.0 Å². The maximum Gasteiger partial charge on any atom is 0.416 e. The van der Waals surface area contributed by atoms with E-state index in [1.807, 2.05) is 18.0 Å². The molecule has 5 unspecified atom stereocenters. The van der Waals surface area contributed by atoms with Crippen molar-refractivity contribution in [1.29, 1.82) is 0 Å². The SMILES string of the molecule is COc1ccc(CCC(=O)O)cc1C1C=NC(N2CC(OC)C2)N(C)C1CN1C(=O)OC(c2cc(C(F)(F)F)cc(C(F)(F)F)c2)C1C. The van der Waals surface area contributed by atoms with Crippen molar-refractivity contribution < 1.29 is 55.2 Å². The number of carboxylic acids is 1. The van der Waals surface area contributed by atoms with Gasteiger partial charge in [-0.2, -0.15) is 26.3 Å². The molecule has 1 amide bonds. The van der Waals surface area contributed by atoms with Gasteiger partial charge in [-0.15, -0.1) is 0 Å². The van der Waals surface area contributed by atoms with E-state index in [1.165, 1.54) is 18.9 Å². The standard InChI is InChI=1S/C32H36F6N4O6/c1-17-28(19-10-20(31(33,34)35)12-21(11-19)32(36,37)38)48-30(45)42(17)16-25-24(13-39-29(40(25)2)41-14-22(15-41)46-3)23-9-18(6-8-27(43)44)5-7-26(23)47-4/h5,7,9-13,17,22,24-25,28-29H,6,8,14-16H2,1-4H3,(H,43,44). The van der Waals surface area contributed by atoms with Crippen molar-refractivity contribution >= 4 is 18.3 Å². The van der Waals surface area contributed by atoms with Crippen molar-refractivity contribution in [3.63, 3.8) is 0 Å². The Labute approximate surface area is 272 Å². The number of aliphatic carboxylic acids is 1. The van der Waals surface area contributed by atoms with Crippen LogP contribution in [-0.2, 0) is 33.0 Å². The molecule has 262 valence electrons. The second-order valence-corrected chi connectivity index (χ2v) is 12.2. The lowest BCUT2D eigenvalue weighted by Gasteiger charge is -2.50. The summed E-state index contributed by atoms with van der Waals surface area (Å²) in [6, 6.07) is 5.01. The first-order chi connectivity index (χ1) is 22.5. The third-order valence-corrected chi connectivity index (χ3v) is 9.21. The molecule has 3 aliphatic rings. The average molecular weight is 687 g/mol. The first-order valence-corrected chi connectivity index (χ1v) is 15.2. The quantitative estimate of drug-likeness (QED) is 0.331. The molecule has 3 heterocycles. The van der Waals surface area contributed by atoms with E-state index in [2.05, 4.69) is 4.90 Å². The van der Waals surface area contributed by atoms with Crippen LogP contribution in [0.4, 0.5) is 31.1 Å². The molecule has 0 spiro atoms. The fraction of sp³-hybridized carbons (Fsp3) is 0.531. The number of hydrogen-bond acceptors (Lipinski definition) is 8. The molecule has 3 aliphatic heterocycles. The Balaban J connectivity index is 1.49. The fourth-order valence-electron chi connectivity index (χ4n) is 6.48. The van der Waals surface area contributed by atoms with E-state index in [1.54, 1.807) is 25.5 Å². The van der Waals surface area contributed by atoms with Crippen LogP contribution in [0.2, 0.25) is 0 Å². The van der Waals surface area contributed by atoms with E-state index in [4.69, 9.17) is 19.2 Å². The predicted octanol–water partition coefficient (Wildman–Crippen LogP) is 5.41. The zero-order valence-corrected chi connectivity index (χ0v) is 26.6. The number of rotatable bonds is 10. The van der Waals surface area contributed by atoms with Gasteiger partial charge in [-0.05, 0) is 55.8 Å². The molecule has 2 fully saturated rings. The molecule has 5 atom stereocenters. The number of methoxy groups -OCH3 is 2. The van der Waals surface area contributed by atoms with Gasteiger partial charge in [0.05, 0.1) is 30.4 Å². The molecular formula is C32H36F6N4O6. The smallest absolute Gasteiger partial charge is 0.416 e. The number of halogens is 6. The first-order valence-electron chi connectivity index (χ1n) is 15.2. The van der Waals surface area contributed by atoms with Gasteiger partial charge in [0.25, 0.3) is 0 Å². The van der Waals surface area contributed by atoms with Crippen LogP contribution >= 0.6 is 0 Å². The molecule has 0 bridgehead atoms. The van der Waals surface area contributed by atoms with Crippen LogP contribution in [0.3, 0.4) is 0 Å². The lowest BCUT2D eigenvalue weighted by atomic mass is 9.87. The summed E-state index contributed by atoms with van der Waals surface area (Å²) in [5.41, 5.74) is -2.03. The van der Waals surface area contributed by atoms with Crippen LogP contribution in [0.1, 0.15) is 53.2 Å². The van der Waals surface area contributed by atoms with Crippen LogP contribution in [0.15, 0.2) is 41.4 Å². The predicted molar refractivity (Wildman–Crippen MR) is 160 cm³/mol. The lowest BCUT2D eigenvalue weighted by Crippen LogP contribution is -2.64. The Morgan fingerprint density at radius 3 is 2.25 bits per heavy atom. The van der Waals surface area contributed by atoms with Crippen molar-refractivity contribution in [2.75, 3.05) is 40.9 Å². The summed E-state index contributed by atoms with van der Waals surface area (Å²) >= 11 is 0. The van der Waals surface area contributed by atoms with Gasteiger partial charge in [0.2, 0.25) is 0 Å². The molecule has 5 rings (SSSR count). The molecule has 0 aromatic heterocycles. The number of cyclic esters (lactones) is 1. The maximum atomic E-state index is 13.6. The minimum absolute atomic E-state index is 0.0131. The Bertz CT molecular complexity index is 1510. The van der Waals surface area contributed by atoms with Gasteiger partial charge in [-0.3, -0.25) is 24.5 Å². The minimum atomic E-state index is -5.06. The zero-order valence-electron chi connectivity index (χ0n) is 26.6. The zero-order chi connectivity index (χ0) is 35.1. The summed E-state index contributed by atoms with van der Waals surface area (Å²) < 4.78 is 98.3. The third-order valence-electron chi connectivity index (χ3n) is 9.21. The van der Waals surface area contributed by atoms with Crippen molar-refractivity contribution in [2.45, 2.75) is 68.6 Å². The summed E-state index contributed by atoms with van der Waals surface area (Å²) in [5, 5.41) is 9.21. The Kier molecular flexibility index (Phi) is 10.00. The van der Waals surface area contributed by atoms with Gasteiger partial charge >= 0.3 is 24.4 Å². The minimum Gasteiger partial charge on any atom is -0.496 e. The normalized spacial score (nSPS) is 25.7. The van der Waals surface area contributed by atoms with Crippen LogP contribution < -0.4 is 4.74 Å². The maximum absolute atomic E-state index is 13.6. The second kappa shape index (κ2) is 13.6. The average Bonchev–Trinajstić information content (AvgIpc) is 3.28. The van der Waals surface area contributed by atoms with Crippen LogP contribution in [0.25, 0.3) is 0 Å². The van der Waals surface area contributed by atoms with Gasteiger partial charge < -0.3 is 19.3 Å². The number of likely N-dealkylation sites (N-methyl/N-ethyl adjacent to an activating group) is 1. The summed E-state index contributed by atoms with van der Waals surface area (Å²) in [7, 11) is 4.90. The van der Waals surface area contributed by atoms with E-state index in [0.29, 0.717) is 36.5 Å². The number of ether oxygens (including phenoxy) is 3. The molecule has 0 aliphatic carbocycles. The monoisotopic (exact) mass is 686 g/mol. The van der Waals surface area contributed by atoms with Crippen molar-refractivity contribution in [2.24, 2.45) is 4.99 Å². The van der Waals surface area contributed by atoms with E-state index < -0.39 is 71.5 Å². The Morgan fingerprint density at radius 2 is 1.69 bits per heavy atom. The highest BCUT2D eigenvalue weighted by Gasteiger charge is 2.47. The number of carbonyl (C=O) groups is 2. The summed E-state index contributed by atoms with van der Waals surface area (Å²) in [6.45, 7) is 2.67. The third kappa shape index (κ3) is 7.25. The van der Waals surface area contributed by atoms with Gasteiger partial charge in [-0.25, -0.2) is 4.79 Å². The highest BCUT2D eigenvalue weighted by molar-refractivity contribution is 5.74. The van der Waals surface area contributed by atoms with Gasteiger partial charge in [0.1, 0.15) is 11.9 Å². The van der Waals surface area contributed by atoms with Gasteiger partial charge in [0, 0.05) is 56.9 Å². The molecule has 16 heteroatoms. The number of hydrogen-bond donors (Lipinski definition) is 1. The van der Waals surface area contributed by atoms with Crippen molar-refractivity contribution in [3.05, 3.63) is 64.2 Å². The number of alkyl halides is 6. The molecule has 10 nitrogen and oxygen atoms in total. The highest BCUT2D eigenvalue weighted by Crippen LogP contribution is 2.42. The van der Waals surface area contributed by atoms with E-state index >= 15 is 0 Å². The Hall–Kier alpha value is -3.89. The van der Waals surface area contributed by atoms with Crippen molar-refractivity contribution in [1.82, 2.24) is 14.7 Å². The number of nitrogens with zero attached hydrogens (tertiary/aromatic N) is 4. The number of likely N-dealkylation sites (tertiary alicyclic amines) is 1. The molecule has 2 aromatic rings. The fourth-order valence-corrected chi connectivity index (χ4v) is 6.48. The molecule has 0 radical (unpaired) electrons. The molecule has 1 N–H and O–H groups in total. The van der Waals surface area contributed by atoms with Crippen LogP contribution in [-0.4, -0.2) is 103 Å².